The van der Waals surface area contributed by atoms with E-state index in [0.717, 1.165) is 5.56 Å². The summed E-state index contributed by atoms with van der Waals surface area (Å²) in [7, 11) is 0. The number of aromatic nitrogens is 3. The largest absolute Gasteiger partial charge is 0.320 e. The molecule has 0 unspecified atom stereocenters. The number of hydrogen-bond donors (Lipinski definition) is 2. The quantitative estimate of drug-likeness (QED) is 0.695. The molecule has 1 aromatic heterocycles. The summed E-state index contributed by atoms with van der Waals surface area (Å²) in [5.41, 5.74) is 2.64. The monoisotopic (exact) mass is 369 g/mol. The van der Waals surface area contributed by atoms with Crippen LogP contribution in [0.4, 0.5) is 5.69 Å². The van der Waals surface area contributed by atoms with Gasteiger partial charge in [0.25, 0.3) is 5.91 Å². The van der Waals surface area contributed by atoms with Gasteiger partial charge in [-0.2, -0.15) is 14.9 Å². The van der Waals surface area contributed by atoms with Crippen LogP contribution in [0.15, 0.2) is 53.6 Å². The Morgan fingerprint density at radius 2 is 2.00 bits per heavy atom. The molecule has 8 heteroatoms. The molecule has 0 radical (unpaired) electrons. The van der Waals surface area contributed by atoms with Crippen LogP contribution in [0.5, 0.6) is 0 Å². The van der Waals surface area contributed by atoms with Gasteiger partial charge in [0.05, 0.1) is 5.69 Å². The predicted octanol–water partition coefficient (Wildman–Crippen LogP) is 3.39. The number of fused-ring (bicyclic) bond motifs is 1. The van der Waals surface area contributed by atoms with Crippen molar-refractivity contribution in [3.05, 3.63) is 75.3 Å². The second kappa shape index (κ2) is 6.27. The summed E-state index contributed by atoms with van der Waals surface area (Å²) < 4.78 is 1.80. The lowest BCUT2D eigenvalue weighted by Gasteiger charge is -2.03. The number of aromatic amines is 1. The van der Waals surface area contributed by atoms with Crippen LogP contribution in [0.25, 0.3) is 0 Å². The Morgan fingerprint density at radius 1 is 1.20 bits per heavy atom. The minimum Gasteiger partial charge on any atom is -0.320 e. The summed E-state index contributed by atoms with van der Waals surface area (Å²) in [4.78, 5) is 12.3. The van der Waals surface area contributed by atoms with E-state index in [0.29, 0.717) is 33.3 Å². The molecule has 124 valence electrons. The number of nitrogens with one attached hydrogen (secondary N) is 2. The third-order valence-corrected chi connectivity index (χ3v) is 4.32. The lowest BCUT2D eigenvalue weighted by molar-refractivity contribution is -0.110. The Morgan fingerprint density at radius 3 is 2.80 bits per heavy atom. The van der Waals surface area contributed by atoms with Crippen molar-refractivity contribution in [2.24, 2.45) is 5.10 Å². The van der Waals surface area contributed by atoms with Gasteiger partial charge in [-0.1, -0.05) is 41.9 Å². The number of anilines is 1. The van der Waals surface area contributed by atoms with Crippen molar-refractivity contribution < 1.29 is 4.79 Å². The first-order chi connectivity index (χ1) is 12.1. The molecule has 0 spiro atoms. The molecule has 0 saturated heterocycles. The third kappa shape index (κ3) is 2.99. The Hall–Kier alpha value is -2.77. The Balaban J connectivity index is 1.78. The fourth-order valence-electron chi connectivity index (χ4n) is 2.64. The van der Waals surface area contributed by atoms with E-state index in [9.17, 15) is 4.79 Å². The fraction of sp³-hybridized carbons (Fsp3) is 0.0588. The van der Waals surface area contributed by atoms with Gasteiger partial charge in [0.15, 0.2) is 11.5 Å². The maximum Gasteiger partial charge on any atom is 0.276 e. The van der Waals surface area contributed by atoms with Gasteiger partial charge in [0.1, 0.15) is 0 Å². The van der Waals surface area contributed by atoms with E-state index in [1.54, 1.807) is 18.2 Å². The van der Waals surface area contributed by atoms with Crippen LogP contribution in [-0.2, 0) is 11.2 Å². The van der Waals surface area contributed by atoms with Gasteiger partial charge >= 0.3 is 0 Å². The zero-order chi connectivity index (χ0) is 17.4. The topological polar surface area (TPSA) is 75.1 Å². The lowest BCUT2D eigenvalue weighted by Crippen LogP contribution is -2.16. The van der Waals surface area contributed by atoms with Crippen molar-refractivity contribution >= 4 is 41.1 Å². The first-order valence-corrected chi connectivity index (χ1v) is 8.31. The maximum absolute atomic E-state index is 12.3. The smallest absolute Gasteiger partial charge is 0.276 e. The first kappa shape index (κ1) is 15.7. The second-order valence-corrected chi connectivity index (χ2v) is 6.33. The molecule has 2 aromatic carbocycles. The minimum atomic E-state index is -0.300. The number of carbonyl (C=O) groups excluding carboxylic acids is 1. The lowest BCUT2D eigenvalue weighted by atomic mass is 10.1. The number of halogens is 1. The van der Waals surface area contributed by atoms with Crippen molar-refractivity contribution in [2.45, 2.75) is 6.42 Å². The fourth-order valence-corrected chi connectivity index (χ4v) is 3.01. The molecule has 0 bridgehead atoms. The number of H-pyrrole nitrogens is 1. The molecule has 1 amide bonds. The molecule has 1 aliphatic heterocycles. The van der Waals surface area contributed by atoms with E-state index in [4.69, 9.17) is 23.8 Å². The van der Waals surface area contributed by atoms with Crippen LogP contribution in [-0.4, -0.2) is 26.5 Å². The molecule has 4 rings (SSSR count). The van der Waals surface area contributed by atoms with E-state index in [-0.39, 0.29) is 11.6 Å². The zero-order valence-electron chi connectivity index (χ0n) is 12.9. The van der Waals surface area contributed by atoms with Crippen molar-refractivity contribution in [2.75, 3.05) is 5.32 Å². The first-order valence-electron chi connectivity index (χ1n) is 7.52. The van der Waals surface area contributed by atoms with Gasteiger partial charge in [0.2, 0.25) is 4.77 Å². The van der Waals surface area contributed by atoms with Gasteiger partial charge in [-0.15, -0.1) is 0 Å². The number of carbonyl (C=O) groups is 1. The van der Waals surface area contributed by atoms with E-state index in [1.165, 1.54) is 4.68 Å². The van der Waals surface area contributed by atoms with Gasteiger partial charge < -0.3 is 5.32 Å². The van der Waals surface area contributed by atoms with E-state index in [2.05, 4.69) is 20.6 Å². The molecular weight excluding hydrogens is 358 g/mol. The molecule has 0 saturated carbocycles. The maximum atomic E-state index is 12.3. The highest BCUT2D eigenvalue weighted by Crippen LogP contribution is 2.27. The van der Waals surface area contributed by atoms with Crippen LogP contribution in [0, 0.1) is 4.77 Å². The summed E-state index contributed by atoms with van der Waals surface area (Å²) >= 11 is 11.3. The second-order valence-electron chi connectivity index (χ2n) is 5.51. The number of hydrogen-bond acceptors (Lipinski definition) is 4. The highest BCUT2D eigenvalue weighted by Gasteiger charge is 2.27. The average molecular weight is 370 g/mol. The third-order valence-electron chi connectivity index (χ3n) is 3.82. The molecular formula is C17H12ClN5OS. The normalized spacial score (nSPS) is 14.6. The summed E-state index contributed by atoms with van der Waals surface area (Å²) in [6, 6.07) is 15.0. The molecule has 0 atom stereocenters. The molecule has 2 heterocycles. The van der Waals surface area contributed by atoms with E-state index >= 15 is 0 Å². The van der Waals surface area contributed by atoms with Gasteiger partial charge in [0, 0.05) is 17.0 Å². The molecule has 3 aromatic rings. The molecule has 1 aliphatic rings. The molecule has 0 aliphatic carbocycles. The molecule has 25 heavy (non-hydrogen) atoms. The van der Waals surface area contributed by atoms with E-state index < -0.39 is 0 Å². The summed E-state index contributed by atoms with van der Waals surface area (Å²) in [6.45, 7) is 0. The van der Waals surface area contributed by atoms with Gasteiger partial charge in [-0.25, -0.2) is 0 Å². The molecule has 0 fully saturated rings. The number of rotatable bonds is 3. The number of nitrogens with zero attached hydrogens (tertiary/aromatic N) is 3. The minimum absolute atomic E-state index is 0.254. The zero-order valence-corrected chi connectivity index (χ0v) is 14.4. The number of benzene rings is 2. The van der Waals surface area contributed by atoms with Crippen molar-refractivity contribution in [3.8, 4) is 0 Å². The highest BCUT2D eigenvalue weighted by molar-refractivity contribution is 7.71. The summed E-state index contributed by atoms with van der Waals surface area (Å²) in [5.74, 6) is 0.318. The van der Waals surface area contributed by atoms with Gasteiger partial charge in [-0.05, 0) is 36.0 Å². The van der Waals surface area contributed by atoms with Crippen LogP contribution in [0.3, 0.4) is 0 Å². The van der Waals surface area contributed by atoms with Crippen molar-refractivity contribution in [1.82, 2.24) is 14.9 Å². The Bertz CT molecular complexity index is 1050. The molecule has 2 N–H and O–H groups in total. The highest BCUT2D eigenvalue weighted by atomic mass is 35.5. The van der Waals surface area contributed by atoms with Crippen LogP contribution in [0.1, 0.15) is 17.0 Å². The van der Waals surface area contributed by atoms with Crippen LogP contribution < -0.4 is 5.32 Å². The predicted molar refractivity (Wildman–Crippen MR) is 98.7 cm³/mol. The number of amides is 1. The Labute approximate surface area is 153 Å². The SMILES string of the molecule is O=C1Nc2ccc(Cl)cc2/C1=N\n1c(Cc2ccccc2)n[nH]c1=S. The molecule has 6 nitrogen and oxygen atoms in total. The van der Waals surface area contributed by atoms with Crippen molar-refractivity contribution in [3.63, 3.8) is 0 Å². The van der Waals surface area contributed by atoms with E-state index in [1.807, 2.05) is 30.3 Å². The van der Waals surface area contributed by atoms with Crippen molar-refractivity contribution in [1.29, 1.82) is 0 Å². The van der Waals surface area contributed by atoms with Crippen LogP contribution >= 0.6 is 23.8 Å². The van der Waals surface area contributed by atoms with Crippen LogP contribution in [0.2, 0.25) is 5.02 Å². The standard InChI is InChI=1S/C17H12ClN5OS/c18-11-6-7-13-12(9-11)15(16(24)19-13)22-23-14(20-21-17(23)25)8-10-4-2-1-3-5-10/h1-7,9H,8H2,(H,21,25)(H,19,22,24). The average Bonchev–Trinajstić information content (AvgIpc) is 3.10. The van der Waals surface area contributed by atoms with Gasteiger partial charge in [-0.3, -0.25) is 9.89 Å². The summed E-state index contributed by atoms with van der Waals surface area (Å²) in [6.07, 6.45) is 0.536. The summed E-state index contributed by atoms with van der Waals surface area (Å²) in [5, 5.41) is 14.7. The Kier molecular flexibility index (Phi) is 3.95.